The van der Waals surface area contributed by atoms with Gasteiger partial charge in [0, 0.05) is 37.1 Å². The van der Waals surface area contributed by atoms with Crippen LogP contribution in [0.1, 0.15) is 12.1 Å². The van der Waals surface area contributed by atoms with E-state index in [4.69, 9.17) is 9.72 Å². The molecule has 1 aliphatic rings. The second-order valence-electron chi connectivity index (χ2n) is 6.16. The summed E-state index contributed by atoms with van der Waals surface area (Å²) in [7, 11) is -1.44. The van der Waals surface area contributed by atoms with Crippen LogP contribution in [0.4, 0.5) is 0 Å². The van der Waals surface area contributed by atoms with Gasteiger partial charge >= 0.3 is 0 Å². The molecule has 2 aromatic rings. The molecule has 1 aliphatic heterocycles. The van der Waals surface area contributed by atoms with Gasteiger partial charge in [0.05, 0.1) is 19.1 Å². The largest absolute Gasteiger partial charge is 0.497 e. The normalized spacial score (nSPS) is 17.4. The summed E-state index contributed by atoms with van der Waals surface area (Å²) >= 11 is 1.63. The second kappa shape index (κ2) is 7.82. The van der Waals surface area contributed by atoms with Crippen LogP contribution in [0.3, 0.4) is 0 Å². The molecule has 0 aliphatic carbocycles. The predicted molar refractivity (Wildman–Crippen MR) is 100 cm³/mol. The summed E-state index contributed by atoms with van der Waals surface area (Å²) in [4.78, 5) is 7.01. The summed E-state index contributed by atoms with van der Waals surface area (Å²) in [6.07, 6.45) is 2.13. The molecule has 3 rings (SSSR count). The molecule has 1 aromatic carbocycles. The molecular weight excluding hydrogens is 358 g/mol. The minimum atomic E-state index is -3.10. The molecule has 1 saturated heterocycles. The lowest BCUT2D eigenvalue weighted by Gasteiger charge is -2.19. The maximum Gasteiger partial charge on any atom is 0.211 e. The molecule has 2 heterocycles. The van der Waals surface area contributed by atoms with E-state index in [0.29, 0.717) is 13.1 Å². The lowest BCUT2D eigenvalue weighted by Crippen LogP contribution is -2.34. The number of sulfonamides is 1. The first-order chi connectivity index (χ1) is 12.0. The lowest BCUT2D eigenvalue weighted by molar-refractivity contribution is 0.276. The zero-order chi connectivity index (χ0) is 17.9. The third kappa shape index (κ3) is 4.78. The molecule has 1 aromatic heterocycles. The van der Waals surface area contributed by atoms with Gasteiger partial charge in [-0.3, -0.25) is 4.90 Å². The van der Waals surface area contributed by atoms with Crippen LogP contribution >= 0.6 is 11.3 Å². The van der Waals surface area contributed by atoms with Crippen LogP contribution in [-0.4, -0.2) is 62.2 Å². The van der Waals surface area contributed by atoms with Gasteiger partial charge in [0.25, 0.3) is 0 Å². The van der Waals surface area contributed by atoms with Crippen molar-refractivity contribution in [1.29, 1.82) is 0 Å². The Morgan fingerprint density at radius 3 is 2.60 bits per heavy atom. The number of rotatable bonds is 5. The molecule has 25 heavy (non-hydrogen) atoms. The van der Waals surface area contributed by atoms with E-state index in [2.05, 4.69) is 10.3 Å². The number of methoxy groups -OCH3 is 1. The number of aromatic nitrogens is 1. The van der Waals surface area contributed by atoms with Crippen molar-refractivity contribution in [3.63, 3.8) is 0 Å². The Labute approximate surface area is 153 Å². The Kier molecular flexibility index (Phi) is 5.73. The van der Waals surface area contributed by atoms with Crippen LogP contribution < -0.4 is 4.74 Å². The van der Waals surface area contributed by atoms with Gasteiger partial charge in [-0.25, -0.2) is 17.7 Å². The maximum atomic E-state index is 11.7. The summed E-state index contributed by atoms with van der Waals surface area (Å²) in [5.74, 6) is 0.834. The highest BCUT2D eigenvalue weighted by molar-refractivity contribution is 7.88. The van der Waals surface area contributed by atoms with Gasteiger partial charge in [0.1, 0.15) is 10.8 Å². The molecule has 6 nitrogen and oxygen atoms in total. The van der Waals surface area contributed by atoms with Crippen LogP contribution in [0.5, 0.6) is 5.75 Å². The molecule has 0 radical (unpaired) electrons. The fraction of sp³-hybridized carbons (Fsp3) is 0.471. The standard InChI is InChI=1S/C17H23N3O3S2/c1-23-16-6-4-14(5-7-16)17-18-15(13-24-17)12-19-8-3-9-20(11-10-19)25(2,21)22/h4-7,13H,3,8-12H2,1-2H3. The highest BCUT2D eigenvalue weighted by Gasteiger charge is 2.21. The van der Waals surface area contributed by atoms with E-state index in [1.807, 2.05) is 24.3 Å². The molecule has 0 N–H and O–H groups in total. The molecular formula is C17H23N3O3S2. The molecule has 0 amide bonds. The van der Waals surface area contributed by atoms with Crippen LogP contribution in [0.2, 0.25) is 0 Å². The van der Waals surface area contributed by atoms with Gasteiger partial charge < -0.3 is 4.74 Å². The van der Waals surface area contributed by atoms with Crippen molar-refractivity contribution in [2.24, 2.45) is 0 Å². The number of hydrogen-bond acceptors (Lipinski definition) is 6. The van der Waals surface area contributed by atoms with E-state index in [9.17, 15) is 8.42 Å². The van der Waals surface area contributed by atoms with Crippen LogP contribution in [0, 0.1) is 0 Å². The highest BCUT2D eigenvalue weighted by Crippen LogP contribution is 2.26. The predicted octanol–water partition coefficient (Wildman–Crippen LogP) is 2.29. The smallest absolute Gasteiger partial charge is 0.211 e. The van der Waals surface area contributed by atoms with Crippen molar-refractivity contribution in [1.82, 2.24) is 14.2 Å². The minimum absolute atomic E-state index is 0.550. The summed E-state index contributed by atoms with van der Waals surface area (Å²) in [6.45, 7) is 3.53. The third-order valence-electron chi connectivity index (χ3n) is 4.29. The van der Waals surface area contributed by atoms with Crippen LogP contribution in [0.15, 0.2) is 29.6 Å². The molecule has 0 bridgehead atoms. The Bertz CT molecular complexity index is 803. The first-order valence-corrected chi connectivity index (χ1v) is 10.9. The Balaban J connectivity index is 1.63. The van der Waals surface area contributed by atoms with Crippen molar-refractivity contribution >= 4 is 21.4 Å². The van der Waals surface area contributed by atoms with E-state index in [0.717, 1.165) is 48.1 Å². The number of nitrogens with zero attached hydrogens (tertiary/aromatic N) is 3. The van der Waals surface area contributed by atoms with Crippen molar-refractivity contribution in [3.05, 3.63) is 35.3 Å². The van der Waals surface area contributed by atoms with Crippen molar-refractivity contribution in [2.45, 2.75) is 13.0 Å². The molecule has 136 valence electrons. The summed E-state index contributed by atoms with van der Waals surface area (Å²) in [5, 5.41) is 3.07. The highest BCUT2D eigenvalue weighted by atomic mass is 32.2. The van der Waals surface area contributed by atoms with Crippen molar-refractivity contribution in [2.75, 3.05) is 39.5 Å². The van der Waals surface area contributed by atoms with Crippen molar-refractivity contribution in [3.8, 4) is 16.3 Å². The fourth-order valence-corrected chi connectivity index (χ4v) is 4.60. The first kappa shape index (κ1) is 18.3. The Morgan fingerprint density at radius 2 is 1.92 bits per heavy atom. The molecule has 0 saturated carbocycles. The SMILES string of the molecule is COc1ccc(-c2nc(CN3CCCN(S(C)(=O)=O)CC3)cs2)cc1. The van der Waals surface area contributed by atoms with Gasteiger partial charge in [-0.2, -0.15) is 0 Å². The Morgan fingerprint density at radius 1 is 1.16 bits per heavy atom. The quantitative estimate of drug-likeness (QED) is 0.795. The lowest BCUT2D eigenvalue weighted by atomic mass is 10.2. The minimum Gasteiger partial charge on any atom is -0.497 e. The third-order valence-corrected chi connectivity index (χ3v) is 6.53. The van der Waals surface area contributed by atoms with E-state index >= 15 is 0 Å². The molecule has 8 heteroatoms. The van der Waals surface area contributed by atoms with Crippen LogP contribution in [0.25, 0.3) is 10.6 Å². The maximum absolute atomic E-state index is 11.7. The molecule has 0 unspecified atom stereocenters. The van der Waals surface area contributed by atoms with Gasteiger partial charge in [-0.05, 0) is 37.2 Å². The van der Waals surface area contributed by atoms with Gasteiger partial charge in [-0.15, -0.1) is 11.3 Å². The summed E-state index contributed by atoms with van der Waals surface area (Å²) in [5.41, 5.74) is 2.11. The first-order valence-electron chi connectivity index (χ1n) is 8.22. The van der Waals surface area contributed by atoms with E-state index in [-0.39, 0.29) is 0 Å². The van der Waals surface area contributed by atoms with Gasteiger partial charge in [-0.1, -0.05) is 0 Å². The van der Waals surface area contributed by atoms with Crippen molar-refractivity contribution < 1.29 is 13.2 Å². The fourth-order valence-electron chi connectivity index (χ4n) is 2.91. The molecule has 0 atom stereocenters. The number of hydrogen-bond donors (Lipinski definition) is 0. The topological polar surface area (TPSA) is 62.7 Å². The van der Waals surface area contributed by atoms with E-state index in [1.54, 1.807) is 22.8 Å². The summed E-state index contributed by atoms with van der Waals surface area (Å²) < 4.78 is 30.1. The monoisotopic (exact) mass is 381 g/mol. The van der Waals surface area contributed by atoms with Gasteiger partial charge in [0.15, 0.2) is 0 Å². The summed E-state index contributed by atoms with van der Waals surface area (Å²) in [6, 6.07) is 7.89. The zero-order valence-corrected chi connectivity index (χ0v) is 16.1. The number of thiazole rings is 1. The number of benzene rings is 1. The molecule has 1 fully saturated rings. The van der Waals surface area contributed by atoms with Gasteiger partial charge in [0.2, 0.25) is 10.0 Å². The van der Waals surface area contributed by atoms with E-state index in [1.165, 1.54) is 6.26 Å². The Hall–Kier alpha value is -1.48. The second-order valence-corrected chi connectivity index (χ2v) is 9.00. The number of ether oxygens (including phenoxy) is 1. The molecule has 0 spiro atoms. The van der Waals surface area contributed by atoms with E-state index < -0.39 is 10.0 Å². The van der Waals surface area contributed by atoms with Crippen LogP contribution in [-0.2, 0) is 16.6 Å². The zero-order valence-electron chi connectivity index (χ0n) is 14.5. The average molecular weight is 382 g/mol. The average Bonchev–Trinajstić information content (AvgIpc) is 2.91.